The molecule has 1 atom stereocenters. The van der Waals surface area contributed by atoms with E-state index >= 15 is 0 Å². The molecule has 14 heavy (non-hydrogen) atoms. The second kappa shape index (κ2) is 6.67. The van der Waals surface area contributed by atoms with Crippen LogP contribution in [0.25, 0.3) is 0 Å². The highest BCUT2D eigenvalue weighted by atomic mass is 35.5. The van der Waals surface area contributed by atoms with Crippen LogP contribution in [-0.2, 0) is 0 Å². The second-order valence-electron chi connectivity index (χ2n) is 3.88. The highest BCUT2D eigenvalue weighted by molar-refractivity contribution is 6.36. The molecule has 2 N–H and O–H groups in total. The summed E-state index contributed by atoms with van der Waals surface area (Å²) in [4.78, 5) is 2.35. The summed E-state index contributed by atoms with van der Waals surface area (Å²) in [7, 11) is 0. The Bertz CT molecular complexity index is 193. The van der Waals surface area contributed by atoms with E-state index in [0.29, 0.717) is 0 Å². The minimum Gasteiger partial charge on any atom is -0.330 e. The highest BCUT2D eigenvalue weighted by Gasteiger charge is 2.19. The number of piperidine rings is 1. The van der Waals surface area contributed by atoms with Crippen LogP contribution >= 0.6 is 23.2 Å². The van der Waals surface area contributed by atoms with Crippen LogP contribution in [0.4, 0.5) is 0 Å². The van der Waals surface area contributed by atoms with Gasteiger partial charge in [-0.15, -0.1) is 0 Å². The van der Waals surface area contributed by atoms with Gasteiger partial charge in [-0.25, -0.2) is 0 Å². The smallest absolute Gasteiger partial charge is 0.0434 e. The molecule has 0 radical (unpaired) electrons. The lowest BCUT2D eigenvalue weighted by atomic mass is 9.95. The van der Waals surface area contributed by atoms with E-state index in [4.69, 9.17) is 28.9 Å². The molecule has 1 saturated heterocycles. The van der Waals surface area contributed by atoms with Gasteiger partial charge >= 0.3 is 0 Å². The Morgan fingerprint density at radius 2 is 2.36 bits per heavy atom. The van der Waals surface area contributed by atoms with Gasteiger partial charge in [0.25, 0.3) is 0 Å². The Balaban J connectivity index is 2.32. The summed E-state index contributed by atoms with van der Waals surface area (Å²) in [5.74, 6) is 0.744. The van der Waals surface area contributed by atoms with Gasteiger partial charge in [-0.05, 0) is 38.3 Å². The first-order chi connectivity index (χ1) is 6.76. The van der Waals surface area contributed by atoms with Crippen molar-refractivity contribution in [3.63, 3.8) is 0 Å². The standard InChI is InChI=1S/C10H18Cl2N2/c11-6-10(12)8-14-5-1-2-9(7-14)3-4-13/h6,9H,1-5,7-8,13H2. The van der Waals surface area contributed by atoms with E-state index in [1.807, 2.05) is 0 Å². The molecule has 1 rings (SSSR count). The lowest BCUT2D eigenvalue weighted by molar-refractivity contribution is 0.184. The molecule has 0 aromatic rings. The first-order valence-electron chi connectivity index (χ1n) is 5.13. The molecule has 2 nitrogen and oxygen atoms in total. The van der Waals surface area contributed by atoms with Crippen molar-refractivity contribution >= 4 is 23.2 Å². The largest absolute Gasteiger partial charge is 0.330 e. The van der Waals surface area contributed by atoms with E-state index in [9.17, 15) is 0 Å². The first-order valence-corrected chi connectivity index (χ1v) is 5.95. The topological polar surface area (TPSA) is 29.3 Å². The number of hydrogen-bond donors (Lipinski definition) is 1. The third kappa shape index (κ3) is 4.18. The molecule has 1 unspecified atom stereocenters. The number of likely N-dealkylation sites (tertiary alicyclic amines) is 1. The quantitative estimate of drug-likeness (QED) is 0.813. The Labute approximate surface area is 96.0 Å². The van der Waals surface area contributed by atoms with E-state index in [-0.39, 0.29) is 0 Å². The van der Waals surface area contributed by atoms with Crippen molar-refractivity contribution in [3.8, 4) is 0 Å². The van der Waals surface area contributed by atoms with Crippen LogP contribution in [0.3, 0.4) is 0 Å². The third-order valence-electron chi connectivity index (χ3n) is 2.67. The predicted molar refractivity (Wildman–Crippen MR) is 62.6 cm³/mol. The Kier molecular flexibility index (Phi) is 5.87. The Hall–Kier alpha value is 0.240. The second-order valence-corrected chi connectivity index (χ2v) is 4.58. The minimum absolute atomic E-state index is 0.722. The summed E-state index contributed by atoms with van der Waals surface area (Å²) >= 11 is 11.4. The maximum atomic E-state index is 5.89. The maximum Gasteiger partial charge on any atom is 0.0434 e. The van der Waals surface area contributed by atoms with Gasteiger partial charge in [-0.3, -0.25) is 4.90 Å². The van der Waals surface area contributed by atoms with Gasteiger partial charge in [0.2, 0.25) is 0 Å². The van der Waals surface area contributed by atoms with Gasteiger partial charge in [-0.2, -0.15) is 0 Å². The Morgan fingerprint density at radius 3 is 3.00 bits per heavy atom. The van der Waals surface area contributed by atoms with E-state index in [0.717, 1.165) is 43.6 Å². The fourth-order valence-corrected chi connectivity index (χ4v) is 2.25. The molecule has 0 aromatic heterocycles. The summed E-state index contributed by atoms with van der Waals surface area (Å²) in [6.07, 6.45) is 3.67. The van der Waals surface area contributed by atoms with Gasteiger partial charge in [0.15, 0.2) is 0 Å². The molecule has 1 heterocycles. The van der Waals surface area contributed by atoms with Crippen LogP contribution in [0.15, 0.2) is 10.6 Å². The SMILES string of the molecule is NCCC1CCCN(CC(Cl)=CCl)C1. The lowest BCUT2D eigenvalue weighted by Gasteiger charge is -2.32. The van der Waals surface area contributed by atoms with Crippen LogP contribution in [0.1, 0.15) is 19.3 Å². The summed E-state index contributed by atoms with van der Waals surface area (Å²) in [6.45, 7) is 3.81. The number of nitrogens with zero attached hydrogens (tertiary/aromatic N) is 1. The van der Waals surface area contributed by atoms with Crippen molar-refractivity contribution in [2.75, 3.05) is 26.2 Å². The molecule has 0 amide bonds. The van der Waals surface area contributed by atoms with Crippen LogP contribution in [0.5, 0.6) is 0 Å². The van der Waals surface area contributed by atoms with Crippen LogP contribution in [0, 0.1) is 5.92 Å². The van der Waals surface area contributed by atoms with Crippen LogP contribution in [0.2, 0.25) is 0 Å². The van der Waals surface area contributed by atoms with E-state index in [2.05, 4.69) is 4.90 Å². The third-order valence-corrected chi connectivity index (χ3v) is 3.27. The van der Waals surface area contributed by atoms with E-state index in [1.54, 1.807) is 0 Å². The summed E-state index contributed by atoms with van der Waals surface area (Å²) in [6, 6.07) is 0. The average molecular weight is 237 g/mol. The van der Waals surface area contributed by atoms with E-state index in [1.165, 1.54) is 18.4 Å². The van der Waals surface area contributed by atoms with Gasteiger partial charge in [0.1, 0.15) is 0 Å². The molecule has 1 aliphatic rings. The molecular weight excluding hydrogens is 219 g/mol. The van der Waals surface area contributed by atoms with Crippen molar-refractivity contribution in [2.24, 2.45) is 11.7 Å². The first kappa shape index (κ1) is 12.3. The molecule has 0 aromatic carbocycles. The van der Waals surface area contributed by atoms with Gasteiger partial charge < -0.3 is 5.73 Å². The lowest BCUT2D eigenvalue weighted by Crippen LogP contribution is -2.36. The number of halogens is 2. The van der Waals surface area contributed by atoms with Crippen LogP contribution in [-0.4, -0.2) is 31.1 Å². The van der Waals surface area contributed by atoms with Crippen molar-refractivity contribution in [3.05, 3.63) is 10.6 Å². The molecule has 4 heteroatoms. The van der Waals surface area contributed by atoms with Crippen molar-refractivity contribution in [1.82, 2.24) is 4.90 Å². The summed E-state index contributed by atoms with van der Waals surface area (Å²) in [5.41, 5.74) is 7.01. The zero-order chi connectivity index (χ0) is 10.4. The molecular formula is C10H18Cl2N2. The highest BCUT2D eigenvalue weighted by Crippen LogP contribution is 2.20. The van der Waals surface area contributed by atoms with E-state index < -0.39 is 0 Å². The number of rotatable bonds is 4. The summed E-state index contributed by atoms with van der Waals surface area (Å²) < 4.78 is 0. The zero-order valence-electron chi connectivity index (χ0n) is 8.38. The Morgan fingerprint density at radius 1 is 1.57 bits per heavy atom. The fraction of sp³-hybridized carbons (Fsp3) is 0.800. The number of nitrogens with two attached hydrogens (primary N) is 1. The average Bonchev–Trinajstić information content (AvgIpc) is 2.19. The van der Waals surface area contributed by atoms with Crippen molar-refractivity contribution in [1.29, 1.82) is 0 Å². The molecule has 82 valence electrons. The van der Waals surface area contributed by atoms with Gasteiger partial charge in [-0.1, -0.05) is 23.2 Å². The molecule has 0 aliphatic carbocycles. The molecule has 1 fully saturated rings. The van der Waals surface area contributed by atoms with Gasteiger partial charge in [0.05, 0.1) is 0 Å². The van der Waals surface area contributed by atoms with Gasteiger partial charge in [0, 0.05) is 23.7 Å². The molecule has 0 bridgehead atoms. The minimum atomic E-state index is 0.722. The monoisotopic (exact) mass is 236 g/mol. The molecule has 1 aliphatic heterocycles. The van der Waals surface area contributed by atoms with Crippen molar-refractivity contribution in [2.45, 2.75) is 19.3 Å². The number of hydrogen-bond acceptors (Lipinski definition) is 2. The van der Waals surface area contributed by atoms with Crippen LogP contribution < -0.4 is 5.73 Å². The summed E-state index contributed by atoms with van der Waals surface area (Å²) in [5, 5.41) is 0.722. The zero-order valence-corrected chi connectivity index (χ0v) is 9.90. The molecule has 0 saturated carbocycles. The maximum absolute atomic E-state index is 5.89. The van der Waals surface area contributed by atoms with Crippen molar-refractivity contribution < 1.29 is 0 Å². The normalized spacial score (nSPS) is 25.4. The predicted octanol–water partition coefficient (Wildman–Crippen LogP) is 2.37. The molecule has 0 spiro atoms. The fourth-order valence-electron chi connectivity index (χ4n) is 2.01.